The minimum Gasteiger partial charge on any atom is -0.347 e. The van der Waals surface area contributed by atoms with Crippen LogP contribution >= 0.6 is 0 Å². The summed E-state index contributed by atoms with van der Waals surface area (Å²) in [6.07, 6.45) is 5.14. The van der Waals surface area contributed by atoms with Gasteiger partial charge in [0.05, 0.1) is 0 Å². The fraction of sp³-hybridized carbons (Fsp3) is 0.286. The van der Waals surface area contributed by atoms with Crippen LogP contribution in [0.1, 0.15) is 20.3 Å². The number of aryl methyl sites for hydroxylation is 1. The third kappa shape index (κ3) is 3.28. The molecule has 1 heterocycles. The Balaban J connectivity index is 3.04. The second kappa shape index (κ2) is 4.83. The fourth-order valence-corrected chi connectivity index (χ4v) is 1.45. The SMILES string of the molecule is C=C(C)/C=c1\c(=C)ccn1CCC(=C)C. The number of aromatic nitrogens is 1. The first kappa shape index (κ1) is 11.6. The molecule has 1 aromatic rings. The Morgan fingerprint density at radius 2 is 2.07 bits per heavy atom. The minimum atomic E-state index is 0.962. The Morgan fingerprint density at radius 3 is 2.60 bits per heavy atom. The molecule has 15 heavy (non-hydrogen) atoms. The second-order valence-corrected chi connectivity index (χ2v) is 4.12. The van der Waals surface area contributed by atoms with Gasteiger partial charge in [-0.25, -0.2) is 0 Å². The van der Waals surface area contributed by atoms with Crippen molar-refractivity contribution in [2.75, 3.05) is 0 Å². The van der Waals surface area contributed by atoms with Crippen LogP contribution in [0.25, 0.3) is 12.7 Å². The van der Waals surface area contributed by atoms with Crippen LogP contribution in [0, 0.1) is 0 Å². The molecule has 0 saturated carbocycles. The van der Waals surface area contributed by atoms with Gasteiger partial charge < -0.3 is 4.57 Å². The first-order valence-electron chi connectivity index (χ1n) is 5.16. The molecule has 0 fully saturated rings. The minimum absolute atomic E-state index is 0.962. The Hall–Kier alpha value is -1.50. The number of hydrogen-bond acceptors (Lipinski definition) is 0. The van der Waals surface area contributed by atoms with Crippen molar-refractivity contribution in [3.8, 4) is 0 Å². The highest BCUT2D eigenvalue weighted by molar-refractivity contribution is 5.42. The van der Waals surface area contributed by atoms with Crippen molar-refractivity contribution in [1.82, 2.24) is 4.57 Å². The van der Waals surface area contributed by atoms with Gasteiger partial charge in [-0.3, -0.25) is 0 Å². The van der Waals surface area contributed by atoms with Crippen LogP contribution in [0.4, 0.5) is 0 Å². The van der Waals surface area contributed by atoms with Gasteiger partial charge in [0.15, 0.2) is 0 Å². The Bertz CT molecular complexity index is 474. The molecule has 0 aliphatic heterocycles. The maximum Gasteiger partial charge on any atom is 0.0476 e. The summed E-state index contributed by atoms with van der Waals surface area (Å²) in [6, 6.07) is 2.03. The number of allylic oxidation sites excluding steroid dienone is 2. The van der Waals surface area contributed by atoms with E-state index in [0.717, 1.165) is 29.1 Å². The summed E-state index contributed by atoms with van der Waals surface area (Å²) in [5.74, 6) is 0. The molecule has 0 unspecified atom stereocenters. The van der Waals surface area contributed by atoms with Crippen molar-refractivity contribution in [2.45, 2.75) is 26.8 Å². The van der Waals surface area contributed by atoms with Crippen LogP contribution in [-0.4, -0.2) is 4.57 Å². The van der Waals surface area contributed by atoms with Gasteiger partial charge in [-0.1, -0.05) is 24.3 Å². The summed E-state index contributed by atoms with van der Waals surface area (Å²) < 4.78 is 2.20. The summed E-state index contributed by atoms with van der Waals surface area (Å²) in [5, 5.41) is 2.21. The first-order valence-corrected chi connectivity index (χ1v) is 5.16. The maximum atomic E-state index is 4.01. The quantitative estimate of drug-likeness (QED) is 0.658. The van der Waals surface area contributed by atoms with E-state index in [9.17, 15) is 0 Å². The van der Waals surface area contributed by atoms with Gasteiger partial charge in [-0.05, 0) is 37.6 Å². The largest absolute Gasteiger partial charge is 0.347 e. The molecule has 0 saturated heterocycles. The lowest BCUT2D eigenvalue weighted by Crippen LogP contribution is -2.28. The van der Waals surface area contributed by atoms with Crippen LogP contribution in [-0.2, 0) is 6.54 Å². The topological polar surface area (TPSA) is 4.93 Å². The van der Waals surface area contributed by atoms with Crippen LogP contribution in [0.3, 0.4) is 0 Å². The average molecular weight is 201 g/mol. The second-order valence-electron chi connectivity index (χ2n) is 4.12. The van der Waals surface area contributed by atoms with Gasteiger partial charge in [-0.15, -0.1) is 6.58 Å². The predicted octanol–water partition coefficient (Wildman–Crippen LogP) is 2.22. The molecular formula is C14H19N. The molecule has 1 heteroatoms. The monoisotopic (exact) mass is 201 g/mol. The third-order valence-corrected chi connectivity index (χ3v) is 2.26. The van der Waals surface area contributed by atoms with Crippen LogP contribution in [0.2, 0.25) is 0 Å². The normalized spacial score (nSPS) is 11.7. The van der Waals surface area contributed by atoms with Crippen molar-refractivity contribution in [3.63, 3.8) is 0 Å². The molecule has 0 aromatic carbocycles. The van der Waals surface area contributed by atoms with Crippen molar-refractivity contribution < 1.29 is 0 Å². The van der Waals surface area contributed by atoms with Gasteiger partial charge in [0, 0.05) is 18.1 Å². The predicted molar refractivity (Wildman–Crippen MR) is 67.9 cm³/mol. The Labute approximate surface area is 91.7 Å². The van der Waals surface area contributed by atoms with Gasteiger partial charge in [0.2, 0.25) is 0 Å². The highest BCUT2D eigenvalue weighted by atomic mass is 14.9. The highest BCUT2D eigenvalue weighted by Gasteiger charge is 1.95. The van der Waals surface area contributed by atoms with E-state index in [0.29, 0.717) is 0 Å². The maximum absolute atomic E-state index is 4.01. The van der Waals surface area contributed by atoms with Crippen molar-refractivity contribution in [2.24, 2.45) is 0 Å². The molecule has 0 atom stereocenters. The zero-order chi connectivity index (χ0) is 11.4. The Kier molecular flexibility index (Phi) is 3.73. The molecule has 0 spiro atoms. The van der Waals surface area contributed by atoms with Gasteiger partial charge in [-0.2, -0.15) is 0 Å². The molecule has 1 aromatic heterocycles. The number of hydrogen-bond donors (Lipinski definition) is 0. The molecule has 0 radical (unpaired) electrons. The van der Waals surface area contributed by atoms with E-state index < -0.39 is 0 Å². The lowest BCUT2D eigenvalue weighted by atomic mass is 10.2. The summed E-state index contributed by atoms with van der Waals surface area (Å²) >= 11 is 0. The molecular weight excluding hydrogens is 182 g/mol. The smallest absolute Gasteiger partial charge is 0.0476 e. The summed E-state index contributed by atoms with van der Waals surface area (Å²) in [7, 11) is 0. The number of rotatable bonds is 4. The van der Waals surface area contributed by atoms with E-state index >= 15 is 0 Å². The Morgan fingerprint density at radius 1 is 1.40 bits per heavy atom. The standard InChI is InChI=1S/C14H19N/c1-11(2)6-8-15-9-7-13(5)14(15)10-12(3)4/h7,9-10H,1,3,5-6,8H2,2,4H3/b14-10+. The number of nitrogens with zero attached hydrogens (tertiary/aromatic N) is 1. The van der Waals surface area contributed by atoms with Gasteiger partial charge >= 0.3 is 0 Å². The molecule has 0 bridgehead atoms. The zero-order valence-electron chi connectivity index (χ0n) is 9.71. The molecule has 0 amide bonds. The van der Waals surface area contributed by atoms with Crippen LogP contribution in [0.5, 0.6) is 0 Å². The average Bonchev–Trinajstić information content (AvgIpc) is 2.44. The van der Waals surface area contributed by atoms with E-state index in [1.807, 2.05) is 13.0 Å². The fourth-order valence-electron chi connectivity index (χ4n) is 1.45. The zero-order valence-corrected chi connectivity index (χ0v) is 9.71. The molecule has 80 valence electrons. The first-order chi connectivity index (χ1) is 7.00. The van der Waals surface area contributed by atoms with Crippen molar-refractivity contribution in [1.29, 1.82) is 0 Å². The van der Waals surface area contributed by atoms with E-state index in [1.54, 1.807) is 0 Å². The van der Waals surface area contributed by atoms with Gasteiger partial charge in [0.25, 0.3) is 0 Å². The summed E-state index contributed by atoms with van der Waals surface area (Å²) in [4.78, 5) is 0. The summed E-state index contributed by atoms with van der Waals surface area (Å²) in [6.45, 7) is 16.8. The van der Waals surface area contributed by atoms with Crippen molar-refractivity contribution in [3.05, 3.63) is 47.1 Å². The lowest BCUT2D eigenvalue weighted by molar-refractivity contribution is 0.679. The summed E-state index contributed by atoms with van der Waals surface area (Å²) in [5.41, 5.74) is 2.26. The van der Waals surface area contributed by atoms with E-state index in [2.05, 4.69) is 43.5 Å². The lowest BCUT2D eigenvalue weighted by Gasteiger charge is -2.03. The van der Waals surface area contributed by atoms with Crippen molar-refractivity contribution >= 4 is 12.7 Å². The molecule has 0 N–H and O–H groups in total. The van der Waals surface area contributed by atoms with Crippen LogP contribution < -0.4 is 10.6 Å². The molecule has 0 aliphatic carbocycles. The van der Waals surface area contributed by atoms with E-state index in [-0.39, 0.29) is 0 Å². The molecule has 0 aliphatic rings. The highest BCUT2D eigenvalue weighted by Crippen LogP contribution is 1.97. The molecule has 1 nitrogen and oxygen atoms in total. The molecule has 1 rings (SSSR count). The van der Waals surface area contributed by atoms with E-state index in [1.165, 1.54) is 5.57 Å². The van der Waals surface area contributed by atoms with Crippen LogP contribution in [0.15, 0.2) is 36.6 Å². The van der Waals surface area contributed by atoms with Gasteiger partial charge in [0.1, 0.15) is 0 Å². The third-order valence-electron chi connectivity index (χ3n) is 2.26. The van der Waals surface area contributed by atoms with E-state index in [4.69, 9.17) is 0 Å².